The van der Waals surface area contributed by atoms with Gasteiger partial charge in [0.25, 0.3) is 0 Å². The van der Waals surface area contributed by atoms with Gasteiger partial charge in [-0.15, -0.1) is 0 Å². The first-order valence-electron chi connectivity index (χ1n) is 5.90. The van der Waals surface area contributed by atoms with Gasteiger partial charge in [0.15, 0.2) is 11.4 Å². The Kier molecular flexibility index (Phi) is 4.48. The maximum Gasteiger partial charge on any atom is 0.200 e. The first-order chi connectivity index (χ1) is 8.32. The first-order valence-corrected chi connectivity index (χ1v) is 5.90. The van der Waals surface area contributed by atoms with E-state index in [1.165, 1.54) is 14.0 Å². The van der Waals surface area contributed by atoms with E-state index < -0.39 is 17.5 Å². The van der Waals surface area contributed by atoms with Crippen molar-refractivity contribution in [3.05, 3.63) is 29.8 Å². The predicted octanol–water partition coefficient (Wildman–Crippen LogP) is 1.65. The monoisotopic (exact) mass is 252 g/mol. The van der Waals surface area contributed by atoms with Crippen LogP contribution >= 0.6 is 0 Å². The molecule has 0 radical (unpaired) electrons. The fourth-order valence-corrected chi connectivity index (χ4v) is 1.89. The topological polar surface area (TPSA) is 66.8 Å². The van der Waals surface area contributed by atoms with Crippen LogP contribution in [0.2, 0.25) is 0 Å². The Labute approximate surface area is 107 Å². The number of Topliss-reactive ketones (excluding diaryl/α,β-unsaturated/α-hetero) is 1. The van der Waals surface area contributed by atoms with E-state index in [0.717, 1.165) is 0 Å². The molecule has 1 aromatic carbocycles. The highest BCUT2D eigenvalue weighted by atomic mass is 16.5. The largest absolute Gasteiger partial charge is 0.496 e. The SMILES string of the molecule is COc1ccccc1C(=O)[C@](C)(O)[C@H](O)C(C)C. The number of ether oxygens (including phenoxy) is 1. The zero-order valence-corrected chi connectivity index (χ0v) is 11.2. The zero-order chi connectivity index (χ0) is 13.9. The highest BCUT2D eigenvalue weighted by Gasteiger charge is 2.41. The number of hydrogen-bond donors (Lipinski definition) is 2. The molecule has 0 heterocycles. The molecule has 4 nitrogen and oxygen atoms in total. The van der Waals surface area contributed by atoms with Crippen molar-refractivity contribution in [1.82, 2.24) is 0 Å². The summed E-state index contributed by atoms with van der Waals surface area (Å²) in [6.07, 6.45) is -1.13. The molecule has 100 valence electrons. The van der Waals surface area contributed by atoms with Gasteiger partial charge in [0.05, 0.1) is 18.8 Å². The van der Waals surface area contributed by atoms with E-state index in [0.29, 0.717) is 5.75 Å². The van der Waals surface area contributed by atoms with Crippen LogP contribution in [0.1, 0.15) is 31.1 Å². The number of carbonyl (C=O) groups excluding carboxylic acids is 1. The first kappa shape index (κ1) is 14.7. The number of aliphatic hydroxyl groups is 2. The number of ketones is 1. The third-order valence-corrected chi connectivity index (χ3v) is 3.02. The zero-order valence-electron chi connectivity index (χ0n) is 11.2. The summed E-state index contributed by atoms with van der Waals surface area (Å²) in [6.45, 7) is 4.82. The molecular formula is C14H20O4. The maximum atomic E-state index is 12.3. The molecule has 18 heavy (non-hydrogen) atoms. The highest BCUT2D eigenvalue weighted by molar-refractivity contribution is 6.04. The van der Waals surface area contributed by atoms with Gasteiger partial charge >= 0.3 is 0 Å². The van der Waals surface area contributed by atoms with Crippen LogP contribution in [0.5, 0.6) is 5.75 Å². The molecule has 2 atom stereocenters. The van der Waals surface area contributed by atoms with Crippen LogP contribution in [0, 0.1) is 5.92 Å². The van der Waals surface area contributed by atoms with Gasteiger partial charge in [-0.3, -0.25) is 4.79 Å². The van der Waals surface area contributed by atoms with Crippen LogP contribution in [-0.4, -0.2) is 34.8 Å². The van der Waals surface area contributed by atoms with Crippen LogP contribution < -0.4 is 4.74 Å². The van der Waals surface area contributed by atoms with E-state index in [4.69, 9.17) is 4.74 Å². The Morgan fingerprint density at radius 3 is 2.39 bits per heavy atom. The number of aliphatic hydroxyl groups excluding tert-OH is 1. The number of methoxy groups -OCH3 is 1. The van der Waals surface area contributed by atoms with Crippen LogP contribution in [-0.2, 0) is 0 Å². The number of hydrogen-bond acceptors (Lipinski definition) is 4. The third-order valence-electron chi connectivity index (χ3n) is 3.02. The Bertz CT molecular complexity index is 424. The molecular weight excluding hydrogens is 232 g/mol. The smallest absolute Gasteiger partial charge is 0.200 e. The molecule has 0 aromatic heterocycles. The lowest BCUT2D eigenvalue weighted by atomic mass is 9.84. The lowest BCUT2D eigenvalue weighted by molar-refractivity contribution is -0.0588. The Balaban J connectivity index is 3.13. The molecule has 0 unspecified atom stereocenters. The molecule has 0 aliphatic rings. The second-order valence-corrected chi connectivity index (χ2v) is 4.87. The summed E-state index contributed by atoms with van der Waals surface area (Å²) in [5, 5.41) is 20.2. The van der Waals surface area contributed by atoms with Crippen molar-refractivity contribution >= 4 is 5.78 Å². The van der Waals surface area contributed by atoms with Crippen molar-refractivity contribution in [2.45, 2.75) is 32.5 Å². The highest BCUT2D eigenvalue weighted by Crippen LogP contribution is 2.27. The van der Waals surface area contributed by atoms with Gasteiger partial charge in [-0.1, -0.05) is 26.0 Å². The summed E-state index contributed by atoms with van der Waals surface area (Å²) >= 11 is 0. The minimum absolute atomic E-state index is 0.223. The van der Waals surface area contributed by atoms with E-state index in [1.807, 2.05) is 0 Å². The summed E-state index contributed by atoms with van der Waals surface area (Å²) < 4.78 is 5.09. The standard InChI is InChI=1S/C14H20O4/c1-9(2)12(15)14(3,17)13(16)10-7-5-6-8-11(10)18-4/h5-9,12,15,17H,1-4H3/t12-,14-/m1/s1. The van der Waals surface area contributed by atoms with Crippen molar-refractivity contribution < 1.29 is 19.7 Å². The number of rotatable bonds is 5. The number of carbonyl (C=O) groups is 1. The number of benzene rings is 1. The van der Waals surface area contributed by atoms with Gasteiger partial charge < -0.3 is 14.9 Å². The second kappa shape index (κ2) is 5.50. The van der Waals surface area contributed by atoms with Crippen LogP contribution in [0.15, 0.2) is 24.3 Å². The molecule has 2 N–H and O–H groups in total. The molecule has 0 spiro atoms. The van der Waals surface area contributed by atoms with Crippen molar-refractivity contribution in [3.8, 4) is 5.75 Å². The molecule has 0 amide bonds. The quantitative estimate of drug-likeness (QED) is 0.782. The molecule has 0 fully saturated rings. The van der Waals surface area contributed by atoms with Gasteiger partial charge in [0, 0.05) is 0 Å². The van der Waals surface area contributed by atoms with Gasteiger partial charge in [-0.25, -0.2) is 0 Å². The molecule has 0 saturated heterocycles. The van der Waals surface area contributed by atoms with Crippen molar-refractivity contribution in [1.29, 1.82) is 0 Å². The average molecular weight is 252 g/mol. The third kappa shape index (κ3) is 2.71. The minimum atomic E-state index is -1.83. The molecule has 0 saturated carbocycles. The Hall–Kier alpha value is -1.39. The van der Waals surface area contributed by atoms with E-state index in [-0.39, 0.29) is 11.5 Å². The summed E-state index contributed by atoms with van der Waals surface area (Å²) in [7, 11) is 1.46. The second-order valence-electron chi connectivity index (χ2n) is 4.87. The molecule has 1 rings (SSSR count). The van der Waals surface area contributed by atoms with Gasteiger partial charge in [-0.2, -0.15) is 0 Å². The Morgan fingerprint density at radius 1 is 1.33 bits per heavy atom. The van der Waals surface area contributed by atoms with E-state index in [9.17, 15) is 15.0 Å². The fourth-order valence-electron chi connectivity index (χ4n) is 1.89. The Morgan fingerprint density at radius 2 is 1.89 bits per heavy atom. The summed E-state index contributed by atoms with van der Waals surface area (Å²) in [6, 6.07) is 6.64. The summed E-state index contributed by atoms with van der Waals surface area (Å²) in [4.78, 5) is 12.3. The average Bonchev–Trinajstić information content (AvgIpc) is 2.36. The minimum Gasteiger partial charge on any atom is -0.496 e. The van der Waals surface area contributed by atoms with Crippen LogP contribution in [0.4, 0.5) is 0 Å². The predicted molar refractivity (Wildman–Crippen MR) is 68.8 cm³/mol. The van der Waals surface area contributed by atoms with Gasteiger partial charge in [-0.05, 0) is 25.0 Å². The lowest BCUT2D eigenvalue weighted by Gasteiger charge is -2.30. The molecule has 1 aromatic rings. The van der Waals surface area contributed by atoms with Crippen LogP contribution in [0.25, 0.3) is 0 Å². The summed E-state index contributed by atoms with van der Waals surface area (Å²) in [5.41, 5.74) is -1.56. The van der Waals surface area contributed by atoms with Gasteiger partial charge in [0.2, 0.25) is 0 Å². The molecule has 0 aliphatic heterocycles. The number of para-hydroxylation sites is 1. The van der Waals surface area contributed by atoms with Crippen molar-refractivity contribution in [2.24, 2.45) is 5.92 Å². The lowest BCUT2D eigenvalue weighted by Crippen LogP contribution is -2.49. The molecule has 4 heteroatoms. The molecule has 0 aliphatic carbocycles. The fraction of sp³-hybridized carbons (Fsp3) is 0.500. The van der Waals surface area contributed by atoms with Crippen LogP contribution in [0.3, 0.4) is 0 Å². The van der Waals surface area contributed by atoms with E-state index >= 15 is 0 Å². The van der Waals surface area contributed by atoms with Gasteiger partial charge in [0.1, 0.15) is 5.75 Å². The normalized spacial score (nSPS) is 16.2. The molecule has 0 bridgehead atoms. The maximum absolute atomic E-state index is 12.3. The summed E-state index contributed by atoms with van der Waals surface area (Å²) in [5.74, 6) is -0.376. The van der Waals surface area contributed by atoms with E-state index in [2.05, 4.69) is 0 Å². The van der Waals surface area contributed by atoms with E-state index in [1.54, 1.807) is 38.1 Å². The van der Waals surface area contributed by atoms with Crippen molar-refractivity contribution in [3.63, 3.8) is 0 Å². The van der Waals surface area contributed by atoms with Crippen molar-refractivity contribution in [2.75, 3.05) is 7.11 Å².